The van der Waals surface area contributed by atoms with Crippen LogP contribution in [-0.4, -0.2) is 50.6 Å². The van der Waals surface area contributed by atoms with Crippen LogP contribution in [0, 0.1) is 5.95 Å². The summed E-state index contributed by atoms with van der Waals surface area (Å²) in [5.74, 6) is -0.515. The monoisotopic (exact) mass is 425 g/mol. The van der Waals surface area contributed by atoms with E-state index in [9.17, 15) is 14.3 Å². The number of nitrogens with one attached hydrogen (secondary N) is 2. The number of halogens is 3. The normalized spacial score (nSPS) is 11.0. The highest BCUT2D eigenvalue weighted by atomic mass is 35.5. The molecule has 1 aromatic carbocycles. The minimum atomic E-state index is -0.593. The largest absolute Gasteiger partial charge is 0.387 e. The molecular formula is C18H18Cl2FN5O2. The molecule has 148 valence electrons. The number of pyridine rings is 1. The van der Waals surface area contributed by atoms with Crippen molar-refractivity contribution in [1.82, 2.24) is 19.9 Å². The molecule has 3 N–H and O–H groups in total. The molecule has 3 rings (SSSR count). The summed E-state index contributed by atoms with van der Waals surface area (Å²) >= 11 is 12.0. The molecule has 2 aromatic heterocycles. The fourth-order valence-electron chi connectivity index (χ4n) is 2.74. The van der Waals surface area contributed by atoms with E-state index in [-0.39, 0.29) is 18.1 Å². The standard InChI is InChI=1S/C18H18Cl2FN5O2/c19-12-6-11(7-13(20)8-12)9-26(16(28)10-27)5-1-4-22-18-23-14-2-3-15(21)24-17(14)25-18/h2-3,6-8,27H,1,4-5,9-10H2,(H2,22,23,24,25). The van der Waals surface area contributed by atoms with Crippen molar-refractivity contribution in [2.45, 2.75) is 13.0 Å². The first-order chi connectivity index (χ1) is 13.4. The number of imidazole rings is 1. The molecule has 0 spiro atoms. The number of aromatic nitrogens is 3. The number of amides is 1. The highest BCUT2D eigenvalue weighted by Crippen LogP contribution is 2.20. The van der Waals surface area contributed by atoms with Gasteiger partial charge in [0.1, 0.15) is 6.61 Å². The van der Waals surface area contributed by atoms with Crippen molar-refractivity contribution in [3.63, 3.8) is 0 Å². The van der Waals surface area contributed by atoms with E-state index in [4.69, 9.17) is 23.2 Å². The molecule has 0 saturated heterocycles. The number of hydrogen-bond acceptors (Lipinski definition) is 5. The third-order valence-corrected chi connectivity index (χ3v) is 4.43. The smallest absolute Gasteiger partial charge is 0.248 e. The molecule has 0 aliphatic carbocycles. The molecule has 0 saturated carbocycles. The van der Waals surface area contributed by atoms with Gasteiger partial charge in [-0.1, -0.05) is 23.2 Å². The number of hydrogen-bond donors (Lipinski definition) is 3. The van der Waals surface area contributed by atoms with Crippen molar-refractivity contribution >= 4 is 46.2 Å². The van der Waals surface area contributed by atoms with Gasteiger partial charge in [-0.25, -0.2) is 0 Å². The Labute approximate surface area is 170 Å². The Morgan fingerprint density at radius 1 is 1.21 bits per heavy atom. The average molecular weight is 426 g/mol. The highest BCUT2D eigenvalue weighted by molar-refractivity contribution is 6.34. The fourth-order valence-corrected chi connectivity index (χ4v) is 3.32. The van der Waals surface area contributed by atoms with E-state index < -0.39 is 12.6 Å². The number of carbonyl (C=O) groups excluding carboxylic acids is 1. The van der Waals surface area contributed by atoms with Crippen molar-refractivity contribution in [2.24, 2.45) is 0 Å². The first kappa shape index (κ1) is 20.3. The maximum absolute atomic E-state index is 13.1. The van der Waals surface area contributed by atoms with E-state index in [0.717, 1.165) is 5.56 Å². The molecule has 0 aliphatic heterocycles. The summed E-state index contributed by atoms with van der Waals surface area (Å²) < 4.78 is 13.1. The number of aromatic amines is 1. The van der Waals surface area contributed by atoms with E-state index >= 15 is 0 Å². The van der Waals surface area contributed by atoms with Crippen molar-refractivity contribution < 1.29 is 14.3 Å². The van der Waals surface area contributed by atoms with Crippen LogP contribution in [-0.2, 0) is 11.3 Å². The zero-order valence-electron chi connectivity index (χ0n) is 14.8. The number of aliphatic hydroxyl groups is 1. The molecular weight excluding hydrogens is 408 g/mol. The van der Waals surface area contributed by atoms with Gasteiger partial charge in [-0.3, -0.25) is 4.79 Å². The number of H-pyrrole nitrogens is 1. The van der Waals surface area contributed by atoms with Crippen LogP contribution >= 0.6 is 23.2 Å². The third kappa shape index (κ3) is 5.31. The summed E-state index contributed by atoms with van der Waals surface area (Å²) in [5, 5.41) is 13.3. The number of aliphatic hydroxyl groups excluding tert-OH is 1. The van der Waals surface area contributed by atoms with Crippen molar-refractivity contribution in [3.05, 3.63) is 51.9 Å². The maximum atomic E-state index is 13.1. The number of fused-ring (bicyclic) bond motifs is 1. The Morgan fingerprint density at radius 2 is 1.96 bits per heavy atom. The molecule has 0 bridgehead atoms. The molecule has 1 amide bonds. The highest BCUT2D eigenvalue weighted by Gasteiger charge is 2.14. The van der Waals surface area contributed by atoms with Gasteiger partial charge in [-0.05, 0) is 42.3 Å². The minimum Gasteiger partial charge on any atom is -0.387 e. The van der Waals surface area contributed by atoms with Gasteiger partial charge in [-0.2, -0.15) is 14.4 Å². The van der Waals surface area contributed by atoms with E-state index in [1.165, 1.54) is 11.0 Å². The topological polar surface area (TPSA) is 94.1 Å². The van der Waals surface area contributed by atoms with Crippen LogP contribution in [0.4, 0.5) is 10.3 Å². The SMILES string of the molecule is O=C(CO)N(CCCNc1nc2nc(F)ccc2[nH]1)Cc1cc(Cl)cc(Cl)c1. The Kier molecular flexibility index (Phi) is 6.66. The summed E-state index contributed by atoms with van der Waals surface area (Å²) in [7, 11) is 0. The van der Waals surface area contributed by atoms with Crippen molar-refractivity contribution in [3.8, 4) is 0 Å². The molecule has 10 heteroatoms. The summed E-state index contributed by atoms with van der Waals surface area (Å²) in [6, 6.07) is 7.88. The lowest BCUT2D eigenvalue weighted by atomic mass is 10.2. The van der Waals surface area contributed by atoms with Gasteiger partial charge in [0.05, 0.1) is 5.52 Å². The van der Waals surface area contributed by atoms with Crippen molar-refractivity contribution in [1.29, 1.82) is 0 Å². The second kappa shape index (κ2) is 9.18. The number of anilines is 1. The van der Waals surface area contributed by atoms with Crippen LogP contribution < -0.4 is 5.32 Å². The number of rotatable bonds is 8. The van der Waals surface area contributed by atoms with E-state index in [2.05, 4.69) is 20.3 Å². The molecule has 0 radical (unpaired) electrons. The average Bonchev–Trinajstić information content (AvgIpc) is 3.04. The number of nitrogens with zero attached hydrogens (tertiary/aromatic N) is 3. The van der Waals surface area contributed by atoms with E-state index in [1.54, 1.807) is 24.3 Å². The number of benzene rings is 1. The zero-order chi connectivity index (χ0) is 20.1. The molecule has 0 aliphatic rings. The summed E-state index contributed by atoms with van der Waals surface area (Å²) in [6.07, 6.45) is 0.596. The van der Waals surface area contributed by atoms with Gasteiger partial charge < -0.3 is 20.3 Å². The molecule has 28 heavy (non-hydrogen) atoms. The fraction of sp³-hybridized carbons (Fsp3) is 0.278. The van der Waals surface area contributed by atoms with Crippen molar-refractivity contribution in [2.75, 3.05) is 25.0 Å². The van der Waals surface area contributed by atoms with Crippen LogP contribution in [0.1, 0.15) is 12.0 Å². The quantitative estimate of drug-likeness (QED) is 0.380. The first-order valence-electron chi connectivity index (χ1n) is 8.54. The molecule has 2 heterocycles. The second-order valence-corrected chi connectivity index (χ2v) is 6.99. The van der Waals surface area contributed by atoms with E-state index in [0.29, 0.717) is 41.0 Å². The lowest BCUT2D eigenvalue weighted by Crippen LogP contribution is -2.34. The third-order valence-electron chi connectivity index (χ3n) is 3.99. The van der Waals surface area contributed by atoms with Gasteiger partial charge in [0.15, 0.2) is 5.65 Å². The molecule has 0 fully saturated rings. The molecule has 3 aromatic rings. The Hall–Kier alpha value is -2.42. The molecule has 7 nitrogen and oxygen atoms in total. The van der Waals surface area contributed by atoms with Gasteiger partial charge in [0, 0.05) is 29.7 Å². The Bertz CT molecular complexity index is 962. The summed E-state index contributed by atoms with van der Waals surface area (Å²) in [5.41, 5.74) is 1.69. The maximum Gasteiger partial charge on any atom is 0.248 e. The van der Waals surface area contributed by atoms with Gasteiger partial charge in [-0.15, -0.1) is 0 Å². The van der Waals surface area contributed by atoms with Crippen LogP contribution in [0.5, 0.6) is 0 Å². The molecule has 0 unspecified atom stereocenters. The van der Waals surface area contributed by atoms with Gasteiger partial charge in [0.25, 0.3) is 0 Å². The second-order valence-electron chi connectivity index (χ2n) is 6.12. The van der Waals surface area contributed by atoms with Crippen LogP contribution in [0.15, 0.2) is 30.3 Å². The Morgan fingerprint density at radius 3 is 2.68 bits per heavy atom. The number of carbonyl (C=O) groups is 1. The molecule has 0 atom stereocenters. The van der Waals surface area contributed by atoms with Crippen LogP contribution in [0.3, 0.4) is 0 Å². The first-order valence-corrected chi connectivity index (χ1v) is 9.30. The summed E-state index contributed by atoms with van der Waals surface area (Å²) in [4.78, 5) is 24.4. The lowest BCUT2D eigenvalue weighted by molar-refractivity contribution is -0.134. The predicted octanol–water partition coefficient (Wildman–Crippen LogP) is 3.23. The zero-order valence-corrected chi connectivity index (χ0v) is 16.3. The van der Waals surface area contributed by atoms with Crippen LogP contribution in [0.2, 0.25) is 10.0 Å². The van der Waals surface area contributed by atoms with Crippen LogP contribution in [0.25, 0.3) is 11.2 Å². The van der Waals surface area contributed by atoms with Gasteiger partial charge in [0.2, 0.25) is 17.8 Å². The lowest BCUT2D eigenvalue weighted by Gasteiger charge is -2.22. The Balaban J connectivity index is 1.56. The predicted molar refractivity (Wildman–Crippen MR) is 106 cm³/mol. The minimum absolute atomic E-state index is 0.285. The summed E-state index contributed by atoms with van der Waals surface area (Å²) in [6.45, 7) is 0.619. The van der Waals surface area contributed by atoms with E-state index in [1.807, 2.05) is 0 Å². The van der Waals surface area contributed by atoms with Gasteiger partial charge >= 0.3 is 0 Å².